The second-order valence-corrected chi connectivity index (χ2v) is 7.87. The maximum atomic E-state index is 12.5. The molecule has 1 atom stereocenters. The first-order valence-electron chi connectivity index (χ1n) is 8.99. The van der Waals surface area contributed by atoms with Gasteiger partial charge in [0.1, 0.15) is 11.9 Å². The first-order chi connectivity index (χ1) is 13.1. The maximum absolute atomic E-state index is 12.5. The number of anilines is 1. The Bertz CT molecular complexity index is 951. The zero-order valence-electron chi connectivity index (χ0n) is 16.5. The standard InChI is InChI=1S/C20H24N4O4/c1-12-9-23(10-13(2)24(12)19(27)28-20(3,4)5)16-7-6-14(18(25)26)17-15(16)8-21-11-22-17/h6-8,11,13H,1,9-10H2,2-5H3,(H,25,26)/t13-/m0/s1. The van der Waals surface area contributed by atoms with Crippen molar-refractivity contribution < 1.29 is 19.4 Å². The zero-order chi connectivity index (χ0) is 20.6. The van der Waals surface area contributed by atoms with E-state index in [1.807, 2.05) is 32.6 Å². The van der Waals surface area contributed by atoms with Crippen LogP contribution in [-0.4, -0.2) is 56.8 Å². The molecular weight excluding hydrogens is 360 g/mol. The van der Waals surface area contributed by atoms with Crippen molar-refractivity contribution in [1.82, 2.24) is 14.9 Å². The molecule has 0 aliphatic carbocycles. The molecule has 0 saturated carbocycles. The number of aromatic nitrogens is 2. The molecule has 148 valence electrons. The highest BCUT2D eigenvalue weighted by Crippen LogP contribution is 2.31. The lowest BCUT2D eigenvalue weighted by Crippen LogP contribution is -2.53. The summed E-state index contributed by atoms with van der Waals surface area (Å²) in [4.78, 5) is 35.9. The van der Waals surface area contributed by atoms with Crippen molar-refractivity contribution in [2.24, 2.45) is 0 Å². The summed E-state index contributed by atoms with van der Waals surface area (Å²) in [6.07, 6.45) is 2.53. The Morgan fingerprint density at radius 1 is 1.32 bits per heavy atom. The molecule has 1 aliphatic heterocycles. The average molecular weight is 384 g/mol. The van der Waals surface area contributed by atoms with E-state index in [9.17, 15) is 14.7 Å². The van der Waals surface area contributed by atoms with E-state index in [4.69, 9.17) is 4.74 Å². The van der Waals surface area contributed by atoms with Crippen LogP contribution >= 0.6 is 0 Å². The molecule has 3 rings (SSSR count). The molecule has 2 heterocycles. The number of carboxylic acids is 1. The minimum atomic E-state index is -1.04. The van der Waals surface area contributed by atoms with Crippen LogP contribution in [0.15, 0.2) is 36.9 Å². The normalized spacial score (nSPS) is 17.7. The van der Waals surface area contributed by atoms with Crippen LogP contribution in [-0.2, 0) is 4.74 Å². The second-order valence-electron chi connectivity index (χ2n) is 7.87. The van der Waals surface area contributed by atoms with Crippen LogP contribution in [0.1, 0.15) is 38.1 Å². The number of piperazine rings is 1. The minimum absolute atomic E-state index is 0.125. The smallest absolute Gasteiger partial charge is 0.414 e. The van der Waals surface area contributed by atoms with E-state index in [-0.39, 0.29) is 11.6 Å². The molecule has 1 saturated heterocycles. The van der Waals surface area contributed by atoms with Gasteiger partial charge in [-0.1, -0.05) is 6.58 Å². The van der Waals surface area contributed by atoms with Crippen LogP contribution in [0, 0.1) is 0 Å². The van der Waals surface area contributed by atoms with Crippen molar-refractivity contribution >= 4 is 28.7 Å². The number of amides is 1. The molecule has 8 nitrogen and oxygen atoms in total. The lowest BCUT2D eigenvalue weighted by molar-refractivity contribution is 0.0238. The van der Waals surface area contributed by atoms with Crippen LogP contribution in [0.5, 0.6) is 0 Å². The van der Waals surface area contributed by atoms with Gasteiger partial charge in [-0.25, -0.2) is 19.6 Å². The Morgan fingerprint density at radius 2 is 2.04 bits per heavy atom. The predicted octanol–water partition coefficient (Wildman–Crippen LogP) is 3.29. The Hall–Kier alpha value is -3.16. The number of carbonyl (C=O) groups is 2. The minimum Gasteiger partial charge on any atom is -0.478 e. The number of aromatic carboxylic acids is 1. The molecule has 1 aromatic carbocycles. The maximum Gasteiger partial charge on any atom is 0.414 e. The van der Waals surface area contributed by atoms with Crippen molar-refractivity contribution in [3.8, 4) is 0 Å². The predicted molar refractivity (Wildman–Crippen MR) is 105 cm³/mol. The number of carboxylic acid groups (broad SMARTS) is 1. The zero-order valence-corrected chi connectivity index (χ0v) is 16.5. The quantitative estimate of drug-likeness (QED) is 0.849. The lowest BCUT2D eigenvalue weighted by Gasteiger charge is -2.42. The second kappa shape index (κ2) is 7.10. The van der Waals surface area contributed by atoms with Crippen molar-refractivity contribution in [2.75, 3.05) is 18.0 Å². The summed E-state index contributed by atoms with van der Waals surface area (Å²) in [5.41, 5.74) is 1.33. The van der Waals surface area contributed by atoms with Gasteiger partial charge in [0, 0.05) is 29.5 Å². The number of hydrogen-bond donors (Lipinski definition) is 1. The number of rotatable bonds is 2. The molecule has 2 aromatic rings. The number of hydrogen-bond acceptors (Lipinski definition) is 6. The Labute approximate surface area is 163 Å². The Morgan fingerprint density at radius 3 is 2.64 bits per heavy atom. The number of fused-ring (bicyclic) bond motifs is 1. The summed E-state index contributed by atoms with van der Waals surface area (Å²) >= 11 is 0. The largest absolute Gasteiger partial charge is 0.478 e. The molecular formula is C20H24N4O4. The fourth-order valence-electron chi connectivity index (χ4n) is 3.39. The van der Waals surface area contributed by atoms with Gasteiger partial charge in [-0.15, -0.1) is 0 Å². The highest BCUT2D eigenvalue weighted by Gasteiger charge is 2.34. The van der Waals surface area contributed by atoms with E-state index in [0.29, 0.717) is 29.7 Å². The van der Waals surface area contributed by atoms with Gasteiger partial charge in [-0.2, -0.15) is 0 Å². The first kappa shape index (κ1) is 19.6. The molecule has 0 radical (unpaired) electrons. The molecule has 1 aliphatic rings. The molecule has 1 fully saturated rings. The van der Waals surface area contributed by atoms with E-state index < -0.39 is 17.7 Å². The van der Waals surface area contributed by atoms with E-state index in [2.05, 4.69) is 16.5 Å². The lowest BCUT2D eigenvalue weighted by atomic mass is 10.1. The van der Waals surface area contributed by atoms with Crippen molar-refractivity contribution in [3.05, 3.63) is 42.5 Å². The summed E-state index contributed by atoms with van der Waals surface area (Å²) in [5.74, 6) is -1.04. The van der Waals surface area contributed by atoms with E-state index in [0.717, 1.165) is 5.69 Å². The molecule has 0 unspecified atom stereocenters. The molecule has 1 N–H and O–H groups in total. The van der Waals surface area contributed by atoms with Gasteiger partial charge in [0.05, 0.1) is 23.7 Å². The average Bonchev–Trinajstić information content (AvgIpc) is 2.58. The van der Waals surface area contributed by atoms with Crippen LogP contribution < -0.4 is 4.90 Å². The molecule has 0 spiro atoms. The summed E-state index contributed by atoms with van der Waals surface area (Å²) in [5, 5.41) is 10.1. The van der Waals surface area contributed by atoms with Crippen LogP contribution in [0.25, 0.3) is 10.9 Å². The molecule has 0 bridgehead atoms. The third-order valence-corrected chi connectivity index (χ3v) is 4.45. The third-order valence-electron chi connectivity index (χ3n) is 4.45. The van der Waals surface area contributed by atoms with Gasteiger partial charge in [-0.3, -0.25) is 4.90 Å². The van der Waals surface area contributed by atoms with Gasteiger partial charge in [0.25, 0.3) is 0 Å². The van der Waals surface area contributed by atoms with Crippen LogP contribution in [0.3, 0.4) is 0 Å². The van der Waals surface area contributed by atoms with Gasteiger partial charge in [0.15, 0.2) is 0 Å². The van der Waals surface area contributed by atoms with E-state index in [1.54, 1.807) is 23.2 Å². The summed E-state index contributed by atoms with van der Waals surface area (Å²) in [7, 11) is 0. The molecule has 28 heavy (non-hydrogen) atoms. The Balaban J connectivity index is 1.92. The fourth-order valence-corrected chi connectivity index (χ4v) is 3.39. The van der Waals surface area contributed by atoms with Crippen molar-refractivity contribution in [3.63, 3.8) is 0 Å². The number of ether oxygens (including phenoxy) is 1. The molecule has 8 heteroatoms. The Kier molecular flexibility index (Phi) is 4.97. The first-order valence-corrected chi connectivity index (χ1v) is 8.99. The van der Waals surface area contributed by atoms with E-state index in [1.165, 1.54) is 6.33 Å². The van der Waals surface area contributed by atoms with Gasteiger partial charge in [-0.05, 0) is 39.8 Å². The summed E-state index contributed by atoms with van der Waals surface area (Å²) in [6.45, 7) is 12.4. The fraction of sp³-hybridized carbons (Fsp3) is 0.400. The number of benzene rings is 1. The van der Waals surface area contributed by atoms with E-state index >= 15 is 0 Å². The third kappa shape index (κ3) is 3.76. The van der Waals surface area contributed by atoms with Crippen molar-refractivity contribution in [1.29, 1.82) is 0 Å². The van der Waals surface area contributed by atoms with Gasteiger partial charge < -0.3 is 14.7 Å². The van der Waals surface area contributed by atoms with Gasteiger partial charge >= 0.3 is 12.1 Å². The summed E-state index contributed by atoms with van der Waals surface area (Å²) < 4.78 is 5.49. The highest BCUT2D eigenvalue weighted by atomic mass is 16.6. The highest BCUT2D eigenvalue weighted by molar-refractivity contribution is 6.05. The van der Waals surface area contributed by atoms with Crippen molar-refractivity contribution in [2.45, 2.75) is 39.3 Å². The monoisotopic (exact) mass is 384 g/mol. The van der Waals surface area contributed by atoms with Gasteiger partial charge in [0.2, 0.25) is 0 Å². The van der Waals surface area contributed by atoms with Crippen LogP contribution in [0.4, 0.5) is 10.5 Å². The topological polar surface area (TPSA) is 95.9 Å². The number of nitrogens with zero attached hydrogens (tertiary/aromatic N) is 4. The molecule has 1 aromatic heterocycles. The number of carbonyl (C=O) groups excluding carboxylic acids is 1. The molecule has 1 amide bonds. The SMILES string of the molecule is C=C1CN(c2ccc(C(=O)O)c3ncncc23)C[C@H](C)N1C(=O)OC(C)(C)C. The van der Waals surface area contributed by atoms with Crippen LogP contribution in [0.2, 0.25) is 0 Å². The summed E-state index contributed by atoms with van der Waals surface area (Å²) in [6, 6.07) is 3.12.